The summed E-state index contributed by atoms with van der Waals surface area (Å²) in [7, 11) is 0. The molecule has 1 saturated heterocycles. The maximum atomic E-state index is 13.8. The Labute approximate surface area is 152 Å². The van der Waals surface area contributed by atoms with Gasteiger partial charge in [0.15, 0.2) is 0 Å². The Morgan fingerprint density at radius 3 is 3.08 bits per heavy atom. The van der Waals surface area contributed by atoms with Crippen LogP contribution in [0.5, 0.6) is 0 Å². The van der Waals surface area contributed by atoms with Crippen LogP contribution >= 0.6 is 11.3 Å². The van der Waals surface area contributed by atoms with Crippen LogP contribution in [0.4, 0.5) is 4.39 Å². The molecule has 0 bridgehead atoms. The molecule has 3 rings (SSSR count). The molecule has 2 heterocycles. The first-order valence-corrected chi connectivity index (χ1v) is 9.49. The van der Waals surface area contributed by atoms with Gasteiger partial charge in [-0.15, -0.1) is 11.3 Å². The number of likely N-dealkylation sites (tertiary alicyclic amines) is 1. The van der Waals surface area contributed by atoms with E-state index in [9.17, 15) is 4.39 Å². The summed E-state index contributed by atoms with van der Waals surface area (Å²) in [6.07, 6.45) is 2.28. The number of rotatable bonds is 5. The van der Waals surface area contributed by atoms with E-state index in [1.54, 1.807) is 17.4 Å². The van der Waals surface area contributed by atoms with E-state index < -0.39 is 0 Å². The minimum atomic E-state index is -0.118. The Hall–Kier alpha value is -1.71. The molecule has 2 aromatic rings. The SMILES string of the molecule is OCC#Cc1csc(CN[C@H]2CCCN(Cc3ccccc3F)C2)c1. The molecule has 25 heavy (non-hydrogen) atoms. The molecule has 1 atom stereocenters. The van der Waals surface area contributed by atoms with Crippen molar-refractivity contribution in [3.63, 3.8) is 0 Å². The molecule has 2 N–H and O–H groups in total. The molecule has 0 radical (unpaired) electrons. The monoisotopic (exact) mass is 358 g/mol. The zero-order chi connectivity index (χ0) is 17.5. The van der Waals surface area contributed by atoms with Gasteiger partial charge in [0, 0.05) is 47.1 Å². The van der Waals surface area contributed by atoms with Gasteiger partial charge in [0.2, 0.25) is 0 Å². The Bertz CT molecular complexity index is 749. The highest BCUT2D eigenvalue weighted by molar-refractivity contribution is 7.10. The van der Waals surface area contributed by atoms with E-state index in [4.69, 9.17) is 5.11 Å². The minimum absolute atomic E-state index is 0.108. The van der Waals surface area contributed by atoms with Crippen molar-refractivity contribution < 1.29 is 9.50 Å². The first-order chi connectivity index (χ1) is 12.2. The average Bonchev–Trinajstić information content (AvgIpc) is 3.08. The maximum Gasteiger partial charge on any atom is 0.127 e. The number of aliphatic hydroxyl groups is 1. The quantitative estimate of drug-likeness (QED) is 0.807. The van der Waals surface area contributed by atoms with Crippen LogP contribution in [0.1, 0.15) is 28.8 Å². The van der Waals surface area contributed by atoms with E-state index >= 15 is 0 Å². The molecule has 3 nitrogen and oxygen atoms in total. The normalized spacial score (nSPS) is 17.9. The second-order valence-electron chi connectivity index (χ2n) is 6.31. The lowest BCUT2D eigenvalue weighted by atomic mass is 10.0. The molecule has 1 fully saturated rings. The number of nitrogens with zero attached hydrogens (tertiary/aromatic N) is 1. The fraction of sp³-hybridized carbons (Fsp3) is 0.400. The van der Waals surface area contributed by atoms with Gasteiger partial charge in [-0.2, -0.15) is 0 Å². The van der Waals surface area contributed by atoms with E-state index in [2.05, 4.69) is 28.1 Å². The molecule has 0 unspecified atom stereocenters. The molecule has 132 valence electrons. The Balaban J connectivity index is 1.50. The van der Waals surface area contributed by atoms with Crippen molar-refractivity contribution >= 4 is 11.3 Å². The van der Waals surface area contributed by atoms with Gasteiger partial charge in [0.1, 0.15) is 12.4 Å². The maximum absolute atomic E-state index is 13.8. The van der Waals surface area contributed by atoms with Crippen molar-refractivity contribution in [2.45, 2.75) is 32.0 Å². The van der Waals surface area contributed by atoms with Crippen molar-refractivity contribution in [1.82, 2.24) is 10.2 Å². The second kappa shape index (κ2) is 9.12. The van der Waals surface area contributed by atoms with Crippen LogP contribution in [0.2, 0.25) is 0 Å². The molecule has 0 amide bonds. The van der Waals surface area contributed by atoms with E-state index in [0.29, 0.717) is 12.6 Å². The number of benzene rings is 1. The molecule has 1 aliphatic heterocycles. The van der Waals surface area contributed by atoms with E-state index in [-0.39, 0.29) is 12.4 Å². The highest BCUT2D eigenvalue weighted by Gasteiger charge is 2.20. The van der Waals surface area contributed by atoms with Crippen LogP contribution < -0.4 is 5.32 Å². The van der Waals surface area contributed by atoms with Gasteiger partial charge in [0.05, 0.1) is 0 Å². The number of hydrogen-bond acceptors (Lipinski definition) is 4. The van der Waals surface area contributed by atoms with Crippen molar-refractivity contribution in [3.05, 3.63) is 57.5 Å². The summed E-state index contributed by atoms with van der Waals surface area (Å²) in [5.41, 5.74) is 1.73. The topological polar surface area (TPSA) is 35.5 Å². The minimum Gasteiger partial charge on any atom is -0.384 e. The Kier molecular flexibility index (Phi) is 6.60. The smallest absolute Gasteiger partial charge is 0.127 e. The Morgan fingerprint density at radius 1 is 1.36 bits per heavy atom. The van der Waals surface area contributed by atoms with Gasteiger partial charge in [-0.25, -0.2) is 4.39 Å². The number of hydrogen-bond donors (Lipinski definition) is 2. The Morgan fingerprint density at radius 2 is 2.24 bits per heavy atom. The zero-order valence-corrected chi connectivity index (χ0v) is 15.0. The van der Waals surface area contributed by atoms with Gasteiger partial charge in [-0.05, 0) is 31.5 Å². The van der Waals surface area contributed by atoms with Crippen LogP contribution in [0.3, 0.4) is 0 Å². The number of nitrogens with one attached hydrogen (secondary N) is 1. The number of thiophene rings is 1. The third-order valence-electron chi connectivity index (χ3n) is 4.39. The number of aliphatic hydroxyl groups excluding tert-OH is 1. The van der Waals surface area contributed by atoms with Gasteiger partial charge in [0.25, 0.3) is 0 Å². The standard InChI is InChI=1S/C20H23FN2OS/c21-20-8-2-1-6-17(20)13-23-9-3-7-18(14-23)22-12-19-11-16(15-25-19)5-4-10-24/h1-2,6,8,11,15,18,22,24H,3,7,9-10,12-14H2/t18-/m0/s1. The molecular formula is C20H23FN2OS. The molecule has 1 aromatic carbocycles. The van der Waals surface area contributed by atoms with Gasteiger partial charge in [-0.3, -0.25) is 4.90 Å². The highest BCUT2D eigenvalue weighted by Crippen LogP contribution is 2.18. The van der Waals surface area contributed by atoms with E-state index in [0.717, 1.165) is 43.6 Å². The van der Waals surface area contributed by atoms with Crippen LogP contribution in [0.25, 0.3) is 0 Å². The van der Waals surface area contributed by atoms with E-state index in [1.165, 1.54) is 10.9 Å². The summed E-state index contributed by atoms with van der Waals surface area (Å²) in [4.78, 5) is 3.57. The van der Waals surface area contributed by atoms with Crippen molar-refractivity contribution in [2.75, 3.05) is 19.7 Å². The highest BCUT2D eigenvalue weighted by atomic mass is 32.1. The largest absolute Gasteiger partial charge is 0.384 e. The zero-order valence-electron chi connectivity index (χ0n) is 14.2. The first-order valence-electron chi connectivity index (χ1n) is 8.61. The van der Waals surface area contributed by atoms with E-state index in [1.807, 2.05) is 17.5 Å². The summed E-state index contributed by atoms with van der Waals surface area (Å²) < 4.78 is 13.8. The number of piperidine rings is 1. The van der Waals surface area contributed by atoms with Crippen LogP contribution in [-0.2, 0) is 13.1 Å². The first kappa shape index (κ1) is 18.1. The molecule has 5 heteroatoms. The van der Waals surface area contributed by atoms with Crippen molar-refractivity contribution in [2.24, 2.45) is 0 Å². The lowest BCUT2D eigenvalue weighted by molar-refractivity contribution is 0.181. The summed E-state index contributed by atoms with van der Waals surface area (Å²) >= 11 is 1.68. The summed E-state index contributed by atoms with van der Waals surface area (Å²) in [5, 5.41) is 14.4. The second-order valence-corrected chi connectivity index (χ2v) is 7.30. The van der Waals surface area contributed by atoms with Crippen LogP contribution in [-0.4, -0.2) is 35.7 Å². The summed E-state index contributed by atoms with van der Waals surface area (Å²) in [6.45, 7) is 3.35. The van der Waals surface area contributed by atoms with Crippen molar-refractivity contribution in [1.29, 1.82) is 0 Å². The molecule has 1 aliphatic rings. The molecule has 0 spiro atoms. The van der Waals surface area contributed by atoms with Gasteiger partial charge >= 0.3 is 0 Å². The lowest BCUT2D eigenvalue weighted by Gasteiger charge is -2.33. The van der Waals surface area contributed by atoms with Gasteiger partial charge in [-0.1, -0.05) is 30.0 Å². The average molecular weight is 358 g/mol. The predicted molar refractivity (Wildman–Crippen MR) is 99.8 cm³/mol. The van der Waals surface area contributed by atoms with Crippen molar-refractivity contribution in [3.8, 4) is 11.8 Å². The van der Waals surface area contributed by atoms with Crippen LogP contribution in [0, 0.1) is 17.7 Å². The third-order valence-corrected chi connectivity index (χ3v) is 5.32. The molecule has 0 aliphatic carbocycles. The fourth-order valence-corrected chi connectivity index (χ4v) is 3.93. The molecule has 1 aromatic heterocycles. The third kappa shape index (κ3) is 5.38. The predicted octanol–water partition coefficient (Wildman–Crippen LogP) is 2.99. The molecular weight excluding hydrogens is 335 g/mol. The fourth-order valence-electron chi connectivity index (χ4n) is 3.16. The summed E-state index contributed by atoms with van der Waals surface area (Å²) in [6, 6.07) is 9.52. The van der Waals surface area contributed by atoms with Gasteiger partial charge < -0.3 is 10.4 Å². The molecule has 0 saturated carbocycles. The van der Waals surface area contributed by atoms with Crippen LogP contribution in [0.15, 0.2) is 35.7 Å². The summed E-state index contributed by atoms with van der Waals surface area (Å²) in [5.74, 6) is 5.48. The lowest BCUT2D eigenvalue weighted by Crippen LogP contribution is -2.45. The number of halogens is 1.